The number of carbonyl (C=O) groups excluding carboxylic acids is 1. The van der Waals surface area contributed by atoms with E-state index in [2.05, 4.69) is 20.3 Å². The van der Waals surface area contributed by atoms with Crippen molar-refractivity contribution in [2.75, 3.05) is 16.0 Å². The number of nitrogens with one attached hydrogen (secondary N) is 1. The first kappa shape index (κ1) is 22.5. The number of nitrogens with zero attached hydrogens (tertiary/aromatic N) is 5. The third-order valence-corrected chi connectivity index (χ3v) is 6.06. The van der Waals surface area contributed by atoms with E-state index in [1.165, 1.54) is 18.5 Å². The molecule has 10 heteroatoms. The highest BCUT2D eigenvalue weighted by atomic mass is 35.5. The molecule has 2 aromatic carbocycles. The number of aromatic hydroxyl groups is 1. The number of benzene rings is 2. The molecule has 0 radical (unpaired) electrons. The molecule has 2 aliphatic heterocycles. The van der Waals surface area contributed by atoms with Gasteiger partial charge in [-0.15, -0.1) is 0 Å². The van der Waals surface area contributed by atoms with Crippen molar-refractivity contribution in [3.8, 4) is 16.9 Å². The molecular formula is C25H22ClN7O2. The average Bonchev–Trinajstić information content (AvgIpc) is 3.20. The fourth-order valence-electron chi connectivity index (χ4n) is 4.25. The van der Waals surface area contributed by atoms with Crippen LogP contribution < -0.4 is 16.0 Å². The van der Waals surface area contributed by atoms with Crippen molar-refractivity contribution in [3.63, 3.8) is 0 Å². The number of amides is 1. The van der Waals surface area contributed by atoms with E-state index in [4.69, 9.17) is 22.3 Å². The smallest absolute Gasteiger partial charge is 0.264 e. The Morgan fingerprint density at radius 3 is 2.69 bits per heavy atom. The maximum Gasteiger partial charge on any atom is 0.264 e. The zero-order valence-corrected chi connectivity index (χ0v) is 19.7. The summed E-state index contributed by atoms with van der Waals surface area (Å²) in [5.41, 5.74) is 9.22. The van der Waals surface area contributed by atoms with E-state index < -0.39 is 12.2 Å². The number of phenolic OH excluding ortho intramolecular Hbond substituents is 1. The molecule has 176 valence electrons. The molecule has 0 saturated carbocycles. The van der Waals surface area contributed by atoms with Gasteiger partial charge in [0.25, 0.3) is 5.91 Å². The molecule has 35 heavy (non-hydrogen) atoms. The molecule has 0 spiro atoms. The summed E-state index contributed by atoms with van der Waals surface area (Å²) in [5, 5.41) is 13.7. The Labute approximate surface area is 206 Å². The lowest BCUT2D eigenvalue weighted by atomic mass is 10.0. The van der Waals surface area contributed by atoms with E-state index >= 15 is 0 Å². The summed E-state index contributed by atoms with van der Waals surface area (Å²) in [6, 6.07) is 13.6. The van der Waals surface area contributed by atoms with Gasteiger partial charge < -0.3 is 16.2 Å². The second-order valence-electron chi connectivity index (χ2n) is 8.31. The maximum absolute atomic E-state index is 13.6. The normalized spacial score (nSPS) is 17.9. The lowest BCUT2D eigenvalue weighted by molar-refractivity contribution is -0.115. The number of allylic oxidation sites excluding steroid dienone is 1. The van der Waals surface area contributed by atoms with Gasteiger partial charge >= 0.3 is 0 Å². The molecular weight excluding hydrogens is 466 g/mol. The summed E-state index contributed by atoms with van der Waals surface area (Å²) < 4.78 is 0. The monoisotopic (exact) mass is 487 g/mol. The second-order valence-corrected chi connectivity index (χ2v) is 8.74. The van der Waals surface area contributed by atoms with Crippen LogP contribution in [0.2, 0.25) is 5.02 Å². The highest BCUT2D eigenvalue weighted by molar-refractivity contribution is 6.33. The Bertz CT molecular complexity index is 1400. The van der Waals surface area contributed by atoms with E-state index in [1.54, 1.807) is 17.2 Å². The van der Waals surface area contributed by atoms with Crippen LogP contribution in [0, 0.1) is 0 Å². The van der Waals surface area contributed by atoms with Crippen LogP contribution in [0.25, 0.3) is 11.1 Å². The van der Waals surface area contributed by atoms with E-state index in [-0.39, 0.29) is 17.5 Å². The number of hydrogen-bond acceptors (Lipinski definition) is 8. The fourth-order valence-corrected chi connectivity index (χ4v) is 4.47. The fraction of sp³-hybridized carbons (Fsp3) is 0.160. The molecule has 4 N–H and O–H groups in total. The summed E-state index contributed by atoms with van der Waals surface area (Å²) in [4.78, 5) is 32.9. The molecule has 1 unspecified atom stereocenters. The molecule has 2 aliphatic rings. The largest absolute Gasteiger partial charge is 0.508 e. The molecule has 0 fully saturated rings. The van der Waals surface area contributed by atoms with Crippen molar-refractivity contribution in [2.24, 2.45) is 9.98 Å². The van der Waals surface area contributed by atoms with Gasteiger partial charge in [-0.05, 0) is 55.3 Å². The van der Waals surface area contributed by atoms with E-state index in [0.717, 1.165) is 5.57 Å². The maximum atomic E-state index is 13.6. The third kappa shape index (κ3) is 4.10. The zero-order valence-electron chi connectivity index (χ0n) is 19.0. The number of hydrogen-bond donors (Lipinski definition) is 3. The molecule has 9 nitrogen and oxygen atoms in total. The molecule has 3 aromatic rings. The Hall–Kier alpha value is -4.24. The van der Waals surface area contributed by atoms with Crippen molar-refractivity contribution < 1.29 is 9.90 Å². The number of nitrogen functional groups attached to an aromatic ring is 1. The van der Waals surface area contributed by atoms with E-state index in [1.807, 2.05) is 44.2 Å². The van der Waals surface area contributed by atoms with Gasteiger partial charge in [-0.25, -0.2) is 20.0 Å². The highest BCUT2D eigenvalue weighted by Crippen LogP contribution is 2.36. The van der Waals surface area contributed by atoms with Gasteiger partial charge in [0, 0.05) is 16.9 Å². The standard InChI is InChI=1S/C25H22ClN7O2/c1-13-11-28-22-19(13)25(35)33(17-6-4-3-5-7-17)24(32-22)14(2)31-23-20(21(27)29-12-30-23)15-8-16(26)10-18(34)9-15/h3-12,14,24,34H,1-2H3,(H3,27,29,30,31)/t14?,24-/m0/s1. The zero-order chi connectivity index (χ0) is 24.7. The van der Waals surface area contributed by atoms with Gasteiger partial charge in [0.1, 0.15) is 23.7 Å². The molecule has 0 saturated heterocycles. The van der Waals surface area contributed by atoms with Crippen molar-refractivity contribution in [1.29, 1.82) is 0 Å². The number of phenols is 1. The van der Waals surface area contributed by atoms with Gasteiger partial charge in [0.2, 0.25) is 0 Å². The van der Waals surface area contributed by atoms with Gasteiger partial charge in [-0.3, -0.25) is 9.69 Å². The number of para-hydroxylation sites is 1. The van der Waals surface area contributed by atoms with Crippen LogP contribution in [-0.2, 0) is 4.79 Å². The van der Waals surface area contributed by atoms with Crippen LogP contribution >= 0.6 is 11.6 Å². The molecule has 0 aliphatic carbocycles. The number of aromatic nitrogens is 2. The molecule has 1 aromatic heterocycles. The van der Waals surface area contributed by atoms with Crippen LogP contribution in [-0.4, -0.2) is 45.2 Å². The SMILES string of the molecule is CC1=C2C(=O)N(c3ccccc3)[C@@H](C(C)Nc3ncnc(N)c3-c3cc(O)cc(Cl)c3)N=C2N=C1. The Morgan fingerprint density at radius 2 is 1.94 bits per heavy atom. The Morgan fingerprint density at radius 1 is 1.17 bits per heavy atom. The summed E-state index contributed by atoms with van der Waals surface area (Å²) in [5.74, 6) is 0.865. The number of anilines is 3. The first-order valence-corrected chi connectivity index (χ1v) is 11.3. The second kappa shape index (κ2) is 8.84. The number of carbonyl (C=O) groups is 1. The highest BCUT2D eigenvalue weighted by Gasteiger charge is 2.40. The molecule has 1 amide bonds. The molecule has 0 bridgehead atoms. The minimum Gasteiger partial charge on any atom is -0.508 e. The number of nitrogens with two attached hydrogens (primary N) is 1. The predicted octanol–water partition coefficient (Wildman–Crippen LogP) is 4.06. The lowest BCUT2D eigenvalue weighted by Crippen LogP contribution is -2.52. The summed E-state index contributed by atoms with van der Waals surface area (Å²) in [6.45, 7) is 3.75. The topological polar surface area (TPSA) is 129 Å². The molecule has 3 heterocycles. The number of halogens is 1. The number of fused-ring (bicyclic) bond motifs is 1. The summed E-state index contributed by atoms with van der Waals surface area (Å²) in [7, 11) is 0. The van der Waals surface area contributed by atoms with Gasteiger partial charge in [0.15, 0.2) is 12.0 Å². The van der Waals surface area contributed by atoms with Crippen molar-refractivity contribution in [2.45, 2.75) is 26.1 Å². The first-order valence-electron chi connectivity index (χ1n) is 10.9. The quantitative estimate of drug-likeness (QED) is 0.497. The minimum atomic E-state index is -0.622. The van der Waals surface area contributed by atoms with Crippen LogP contribution in [0.1, 0.15) is 13.8 Å². The van der Waals surface area contributed by atoms with E-state index in [9.17, 15) is 9.90 Å². The number of amidine groups is 1. The average molecular weight is 488 g/mol. The van der Waals surface area contributed by atoms with Crippen molar-refractivity contribution in [1.82, 2.24) is 9.97 Å². The Kier molecular flexibility index (Phi) is 5.70. The Balaban J connectivity index is 1.56. The van der Waals surface area contributed by atoms with E-state index in [0.29, 0.717) is 39.1 Å². The summed E-state index contributed by atoms with van der Waals surface area (Å²) in [6.07, 6.45) is 2.38. The molecule has 5 rings (SSSR count). The van der Waals surface area contributed by atoms with Gasteiger partial charge in [0.05, 0.1) is 17.2 Å². The lowest BCUT2D eigenvalue weighted by Gasteiger charge is -2.37. The van der Waals surface area contributed by atoms with Crippen LogP contribution in [0.3, 0.4) is 0 Å². The third-order valence-electron chi connectivity index (χ3n) is 5.84. The van der Waals surface area contributed by atoms with Gasteiger partial charge in [-0.1, -0.05) is 29.8 Å². The van der Waals surface area contributed by atoms with Crippen LogP contribution in [0.5, 0.6) is 5.75 Å². The van der Waals surface area contributed by atoms with Crippen molar-refractivity contribution in [3.05, 3.63) is 71.0 Å². The first-order chi connectivity index (χ1) is 16.8. The molecule has 2 atom stereocenters. The van der Waals surface area contributed by atoms with Crippen LogP contribution in [0.4, 0.5) is 17.3 Å². The van der Waals surface area contributed by atoms with Crippen molar-refractivity contribution >= 4 is 46.9 Å². The number of rotatable bonds is 5. The predicted molar refractivity (Wildman–Crippen MR) is 138 cm³/mol. The summed E-state index contributed by atoms with van der Waals surface area (Å²) >= 11 is 6.16. The van der Waals surface area contributed by atoms with Gasteiger partial charge in [-0.2, -0.15) is 0 Å². The number of aliphatic imine (C=N–C) groups is 2. The van der Waals surface area contributed by atoms with Crippen LogP contribution in [0.15, 0.2) is 76.0 Å². The minimum absolute atomic E-state index is 0.0111.